The highest BCUT2D eigenvalue weighted by Gasteiger charge is 2.29. The summed E-state index contributed by atoms with van der Waals surface area (Å²) in [5.41, 5.74) is 5.39. The van der Waals surface area contributed by atoms with Gasteiger partial charge in [0, 0.05) is 6.42 Å². The summed E-state index contributed by atoms with van der Waals surface area (Å²) in [7, 11) is 0. The van der Waals surface area contributed by atoms with Crippen molar-refractivity contribution in [2.24, 2.45) is 10.7 Å². The van der Waals surface area contributed by atoms with Gasteiger partial charge in [0.1, 0.15) is 0 Å². The molecule has 0 saturated carbocycles. The van der Waals surface area contributed by atoms with Crippen LogP contribution in [0.5, 0.6) is 0 Å². The average Bonchev–Trinajstić information content (AvgIpc) is 1.81. The molecule has 0 heterocycles. The maximum absolute atomic E-state index is 11.8. The molecule has 0 bridgehead atoms. The second-order valence-corrected chi connectivity index (χ2v) is 3.04. The van der Waals surface area contributed by atoms with Crippen molar-refractivity contribution < 1.29 is 13.2 Å². The molecule has 78 valence electrons. The number of hydrogen-bond donors (Lipinski definition) is 1. The zero-order valence-electron chi connectivity index (χ0n) is 7.86. The summed E-state index contributed by atoms with van der Waals surface area (Å²) >= 11 is 0. The fraction of sp³-hybridized carbons (Fsp3) is 0.875. The lowest BCUT2D eigenvalue weighted by Crippen LogP contribution is -2.20. The maximum atomic E-state index is 11.8. The van der Waals surface area contributed by atoms with E-state index in [1.165, 1.54) is 6.92 Å². The monoisotopic (exact) mass is 196 g/mol. The standard InChI is InChI=1S/C8H15F3N2/c1-3-4-7(12)13-6(2)5-8(9,10)11/h6H,3-5H2,1-2H3,(H2,12,13). The van der Waals surface area contributed by atoms with Crippen molar-refractivity contribution in [3.8, 4) is 0 Å². The van der Waals surface area contributed by atoms with Gasteiger partial charge in [-0.05, 0) is 13.3 Å². The van der Waals surface area contributed by atoms with Crippen LogP contribution in [0, 0.1) is 0 Å². The first-order chi connectivity index (χ1) is 5.85. The Morgan fingerprint density at radius 3 is 2.38 bits per heavy atom. The molecular formula is C8H15F3N2. The topological polar surface area (TPSA) is 38.4 Å². The second kappa shape index (κ2) is 5.09. The van der Waals surface area contributed by atoms with Gasteiger partial charge in [-0.3, -0.25) is 4.99 Å². The van der Waals surface area contributed by atoms with E-state index in [-0.39, 0.29) is 0 Å². The van der Waals surface area contributed by atoms with E-state index < -0.39 is 18.6 Å². The number of rotatable bonds is 4. The van der Waals surface area contributed by atoms with Crippen LogP contribution in [0.3, 0.4) is 0 Å². The van der Waals surface area contributed by atoms with Gasteiger partial charge in [-0.15, -0.1) is 0 Å². The molecule has 2 N–H and O–H groups in total. The lowest BCUT2D eigenvalue weighted by molar-refractivity contribution is -0.137. The quantitative estimate of drug-likeness (QED) is 0.544. The molecule has 2 nitrogen and oxygen atoms in total. The van der Waals surface area contributed by atoms with Gasteiger partial charge in [0.15, 0.2) is 0 Å². The molecular weight excluding hydrogens is 181 g/mol. The van der Waals surface area contributed by atoms with E-state index in [9.17, 15) is 13.2 Å². The van der Waals surface area contributed by atoms with E-state index in [4.69, 9.17) is 5.73 Å². The zero-order valence-corrected chi connectivity index (χ0v) is 7.86. The molecule has 0 radical (unpaired) electrons. The van der Waals surface area contributed by atoms with E-state index in [0.29, 0.717) is 12.3 Å². The molecule has 0 aliphatic heterocycles. The summed E-state index contributed by atoms with van der Waals surface area (Å²) in [5, 5.41) is 0. The minimum absolute atomic E-state index is 0.305. The lowest BCUT2D eigenvalue weighted by Gasteiger charge is -2.10. The van der Waals surface area contributed by atoms with Crippen LogP contribution in [0.4, 0.5) is 13.2 Å². The van der Waals surface area contributed by atoms with Gasteiger partial charge in [0.25, 0.3) is 0 Å². The Kier molecular flexibility index (Phi) is 4.80. The van der Waals surface area contributed by atoms with Crippen molar-refractivity contribution in [1.82, 2.24) is 0 Å². The first kappa shape index (κ1) is 12.3. The minimum Gasteiger partial charge on any atom is -0.387 e. The minimum atomic E-state index is -4.16. The van der Waals surface area contributed by atoms with E-state index in [1.54, 1.807) is 0 Å². The summed E-state index contributed by atoms with van der Waals surface area (Å²) in [6.45, 7) is 3.31. The van der Waals surface area contributed by atoms with Crippen LogP contribution < -0.4 is 5.73 Å². The van der Waals surface area contributed by atoms with E-state index in [1.807, 2.05) is 6.92 Å². The van der Waals surface area contributed by atoms with Gasteiger partial charge in [-0.2, -0.15) is 13.2 Å². The average molecular weight is 196 g/mol. The third-order valence-electron chi connectivity index (χ3n) is 1.42. The highest BCUT2D eigenvalue weighted by molar-refractivity contribution is 5.80. The van der Waals surface area contributed by atoms with E-state index in [0.717, 1.165) is 6.42 Å². The molecule has 0 fully saturated rings. The molecule has 1 atom stereocenters. The number of halogens is 3. The molecule has 0 spiro atoms. The van der Waals surface area contributed by atoms with Gasteiger partial charge in [0.05, 0.1) is 18.3 Å². The first-order valence-electron chi connectivity index (χ1n) is 4.24. The Morgan fingerprint density at radius 1 is 1.46 bits per heavy atom. The third-order valence-corrected chi connectivity index (χ3v) is 1.42. The van der Waals surface area contributed by atoms with Gasteiger partial charge >= 0.3 is 6.18 Å². The molecule has 0 aliphatic carbocycles. The highest BCUT2D eigenvalue weighted by Crippen LogP contribution is 2.22. The fourth-order valence-electron chi connectivity index (χ4n) is 0.984. The van der Waals surface area contributed by atoms with Gasteiger partial charge in [-0.1, -0.05) is 6.92 Å². The summed E-state index contributed by atoms with van der Waals surface area (Å²) in [6, 6.07) is -0.772. The third kappa shape index (κ3) is 7.62. The number of hydrogen-bond acceptors (Lipinski definition) is 1. The summed E-state index contributed by atoms with van der Waals surface area (Å²) in [6.07, 6.45) is -3.71. The highest BCUT2D eigenvalue weighted by atomic mass is 19.4. The van der Waals surface area contributed by atoms with Crippen molar-refractivity contribution in [1.29, 1.82) is 0 Å². The number of nitrogens with zero attached hydrogens (tertiary/aromatic N) is 1. The fourth-order valence-corrected chi connectivity index (χ4v) is 0.984. The van der Waals surface area contributed by atoms with Crippen LogP contribution in [0.1, 0.15) is 33.1 Å². The van der Waals surface area contributed by atoms with E-state index >= 15 is 0 Å². The Bertz CT molecular complexity index is 175. The van der Waals surface area contributed by atoms with Gasteiger partial charge < -0.3 is 5.73 Å². The molecule has 0 aromatic carbocycles. The summed E-state index contributed by atoms with van der Waals surface area (Å²) < 4.78 is 35.5. The van der Waals surface area contributed by atoms with Crippen molar-refractivity contribution in [3.63, 3.8) is 0 Å². The zero-order chi connectivity index (χ0) is 10.5. The van der Waals surface area contributed by atoms with Crippen LogP contribution in [0.2, 0.25) is 0 Å². The number of nitrogens with two attached hydrogens (primary N) is 1. The van der Waals surface area contributed by atoms with Gasteiger partial charge in [-0.25, -0.2) is 0 Å². The summed E-state index contributed by atoms with van der Waals surface area (Å²) in [4.78, 5) is 3.73. The smallest absolute Gasteiger partial charge is 0.387 e. The van der Waals surface area contributed by atoms with Crippen molar-refractivity contribution in [2.75, 3.05) is 0 Å². The Hall–Kier alpha value is -0.740. The van der Waals surface area contributed by atoms with Crippen LogP contribution >= 0.6 is 0 Å². The second-order valence-electron chi connectivity index (χ2n) is 3.04. The van der Waals surface area contributed by atoms with Crippen molar-refractivity contribution >= 4 is 5.84 Å². The molecule has 5 heteroatoms. The Balaban J connectivity index is 3.98. The van der Waals surface area contributed by atoms with Crippen molar-refractivity contribution in [2.45, 2.75) is 45.3 Å². The normalized spacial score (nSPS) is 15.9. The van der Waals surface area contributed by atoms with E-state index in [2.05, 4.69) is 4.99 Å². The predicted molar refractivity (Wildman–Crippen MR) is 46.7 cm³/mol. The molecule has 0 aromatic heterocycles. The maximum Gasteiger partial charge on any atom is 0.391 e. The van der Waals surface area contributed by atoms with Crippen LogP contribution in [-0.4, -0.2) is 18.1 Å². The Morgan fingerprint density at radius 2 is 2.00 bits per heavy atom. The van der Waals surface area contributed by atoms with Crippen LogP contribution in [0.25, 0.3) is 0 Å². The molecule has 0 aromatic rings. The number of aliphatic imine (C=N–C) groups is 1. The number of alkyl halides is 3. The molecule has 1 unspecified atom stereocenters. The SMILES string of the molecule is CCCC(N)=NC(C)CC(F)(F)F. The molecule has 0 amide bonds. The molecule has 0 aliphatic rings. The summed E-state index contributed by atoms with van der Waals surface area (Å²) in [5.74, 6) is 0.305. The molecule has 0 saturated heterocycles. The van der Waals surface area contributed by atoms with Gasteiger partial charge in [0.2, 0.25) is 0 Å². The van der Waals surface area contributed by atoms with Crippen LogP contribution in [-0.2, 0) is 0 Å². The van der Waals surface area contributed by atoms with Crippen LogP contribution in [0.15, 0.2) is 4.99 Å². The largest absolute Gasteiger partial charge is 0.391 e. The lowest BCUT2D eigenvalue weighted by atomic mass is 10.2. The Labute approximate surface area is 76.0 Å². The molecule has 13 heavy (non-hydrogen) atoms. The van der Waals surface area contributed by atoms with Crippen molar-refractivity contribution in [3.05, 3.63) is 0 Å². The number of amidine groups is 1. The first-order valence-corrected chi connectivity index (χ1v) is 4.24. The molecule has 0 rings (SSSR count). The predicted octanol–water partition coefficient (Wildman–Crippen LogP) is 2.48.